The summed E-state index contributed by atoms with van der Waals surface area (Å²) in [6, 6.07) is 5.65. The zero-order valence-corrected chi connectivity index (χ0v) is 11.6. The first kappa shape index (κ1) is 15.1. The molecule has 0 aliphatic carbocycles. The SMILES string of the molecule is COCCNC(N)=NCc1ccc(OC)c(OC)c1. The van der Waals surface area contributed by atoms with Crippen LogP contribution in [-0.4, -0.2) is 40.4 Å². The molecule has 1 aromatic rings. The second-order valence-corrected chi connectivity index (χ2v) is 3.81. The van der Waals surface area contributed by atoms with Crippen molar-refractivity contribution in [3.8, 4) is 11.5 Å². The molecule has 0 spiro atoms. The number of nitrogens with zero attached hydrogens (tertiary/aromatic N) is 1. The average molecular weight is 267 g/mol. The van der Waals surface area contributed by atoms with Crippen LogP contribution in [0, 0.1) is 0 Å². The van der Waals surface area contributed by atoms with Gasteiger partial charge in [0.2, 0.25) is 0 Å². The van der Waals surface area contributed by atoms with Crippen LogP contribution in [0.3, 0.4) is 0 Å². The molecule has 0 saturated carbocycles. The van der Waals surface area contributed by atoms with Gasteiger partial charge in [-0.15, -0.1) is 0 Å². The molecule has 19 heavy (non-hydrogen) atoms. The number of nitrogens with two attached hydrogens (primary N) is 1. The minimum Gasteiger partial charge on any atom is -0.493 e. The molecular formula is C13H21N3O3. The number of benzene rings is 1. The lowest BCUT2D eigenvalue weighted by molar-refractivity contribution is 0.204. The van der Waals surface area contributed by atoms with Gasteiger partial charge in [0.05, 0.1) is 27.4 Å². The van der Waals surface area contributed by atoms with Crippen molar-refractivity contribution < 1.29 is 14.2 Å². The molecule has 0 radical (unpaired) electrons. The molecule has 6 nitrogen and oxygen atoms in total. The van der Waals surface area contributed by atoms with Crippen molar-refractivity contribution in [2.24, 2.45) is 10.7 Å². The third kappa shape index (κ3) is 5.05. The van der Waals surface area contributed by atoms with E-state index in [0.717, 1.165) is 5.56 Å². The Morgan fingerprint density at radius 1 is 1.21 bits per heavy atom. The summed E-state index contributed by atoms with van der Waals surface area (Å²) in [5, 5.41) is 2.95. The second kappa shape index (κ2) is 8.20. The molecule has 0 aliphatic heterocycles. The van der Waals surface area contributed by atoms with Gasteiger partial charge in [-0.05, 0) is 17.7 Å². The molecule has 1 rings (SSSR count). The molecule has 0 aliphatic rings. The third-order valence-corrected chi connectivity index (χ3v) is 2.49. The molecule has 6 heteroatoms. The summed E-state index contributed by atoms with van der Waals surface area (Å²) < 4.78 is 15.3. The standard InChI is InChI=1S/C13H21N3O3/c1-17-7-6-15-13(14)16-9-10-4-5-11(18-2)12(8-10)19-3/h4-5,8H,6-7,9H2,1-3H3,(H3,14,15,16). The van der Waals surface area contributed by atoms with Crippen LogP contribution in [0.15, 0.2) is 23.2 Å². The lowest BCUT2D eigenvalue weighted by Gasteiger charge is -2.09. The summed E-state index contributed by atoms with van der Waals surface area (Å²) in [6.07, 6.45) is 0. The summed E-state index contributed by atoms with van der Waals surface area (Å²) in [5.41, 5.74) is 6.71. The van der Waals surface area contributed by atoms with Crippen molar-refractivity contribution in [3.05, 3.63) is 23.8 Å². The molecule has 0 heterocycles. The maximum Gasteiger partial charge on any atom is 0.188 e. The third-order valence-electron chi connectivity index (χ3n) is 2.49. The van der Waals surface area contributed by atoms with Crippen LogP contribution in [0.4, 0.5) is 0 Å². The molecule has 0 saturated heterocycles. The van der Waals surface area contributed by atoms with Crippen molar-refractivity contribution >= 4 is 5.96 Å². The topological polar surface area (TPSA) is 78.1 Å². The summed E-state index contributed by atoms with van der Waals surface area (Å²) >= 11 is 0. The summed E-state index contributed by atoms with van der Waals surface area (Å²) in [4.78, 5) is 4.23. The van der Waals surface area contributed by atoms with E-state index in [1.54, 1.807) is 21.3 Å². The number of hydrogen-bond acceptors (Lipinski definition) is 4. The zero-order valence-electron chi connectivity index (χ0n) is 11.6. The monoisotopic (exact) mass is 267 g/mol. The molecular weight excluding hydrogens is 246 g/mol. The fourth-order valence-electron chi connectivity index (χ4n) is 1.49. The Bertz CT molecular complexity index is 422. The van der Waals surface area contributed by atoms with Crippen LogP contribution in [-0.2, 0) is 11.3 Å². The Morgan fingerprint density at radius 2 is 1.95 bits per heavy atom. The molecule has 1 aromatic carbocycles. The van der Waals surface area contributed by atoms with Crippen LogP contribution in [0.5, 0.6) is 11.5 Å². The van der Waals surface area contributed by atoms with Gasteiger partial charge in [-0.2, -0.15) is 0 Å². The van der Waals surface area contributed by atoms with Crippen LogP contribution in [0.2, 0.25) is 0 Å². The van der Waals surface area contributed by atoms with Crippen LogP contribution >= 0.6 is 0 Å². The number of rotatable bonds is 7. The number of aliphatic imine (C=N–C) groups is 1. The lowest BCUT2D eigenvalue weighted by atomic mass is 10.2. The van der Waals surface area contributed by atoms with E-state index < -0.39 is 0 Å². The quantitative estimate of drug-likeness (QED) is 0.433. The maximum absolute atomic E-state index is 5.72. The first-order valence-electron chi connectivity index (χ1n) is 5.95. The van der Waals surface area contributed by atoms with Crippen LogP contribution in [0.25, 0.3) is 0 Å². The molecule has 0 aromatic heterocycles. The molecule has 0 fully saturated rings. The summed E-state index contributed by atoms with van der Waals surface area (Å²) in [6.45, 7) is 1.70. The molecule has 106 valence electrons. The Balaban J connectivity index is 2.59. The predicted molar refractivity (Wildman–Crippen MR) is 74.8 cm³/mol. The molecule has 3 N–H and O–H groups in total. The van der Waals surface area contributed by atoms with Crippen molar-refractivity contribution in [3.63, 3.8) is 0 Å². The Kier molecular flexibility index (Phi) is 6.52. The van der Waals surface area contributed by atoms with Crippen molar-refractivity contribution in [1.29, 1.82) is 0 Å². The highest BCUT2D eigenvalue weighted by Gasteiger charge is 2.04. The van der Waals surface area contributed by atoms with E-state index in [2.05, 4.69) is 10.3 Å². The molecule has 0 atom stereocenters. The Labute approximate surface area is 113 Å². The molecule has 0 bridgehead atoms. The van der Waals surface area contributed by atoms with Gasteiger partial charge in [0.1, 0.15) is 0 Å². The highest BCUT2D eigenvalue weighted by molar-refractivity contribution is 5.77. The zero-order chi connectivity index (χ0) is 14.1. The highest BCUT2D eigenvalue weighted by atomic mass is 16.5. The lowest BCUT2D eigenvalue weighted by Crippen LogP contribution is -2.34. The number of hydrogen-bond donors (Lipinski definition) is 2. The fourth-order valence-corrected chi connectivity index (χ4v) is 1.49. The normalized spacial score (nSPS) is 11.2. The van der Waals surface area contributed by atoms with Gasteiger partial charge >= 0.3 is 0 Å². The van der Waals surface area contributed by atoms with Crippen molar-refractivity contribution in [2.75, 3.05) is 34.5 Å². The van der Waals surface area contributed by atoms with Crippen molar-refractivity contribution in [2.45, 2.75) is 6.54 Å². The smallest absolute Gasteiger partial charge is 0.188 e. The van der Waals surface area contributed by atoms with Gasteiger partial charge in [0.15, 0.2) is 17.5 Å². The molecule has 0 amide bonds. The van der Waals surface area contributed by atoms with Crippen LogP contribution in [0.1, 0.15) is 5.56 Å². The summed E-state index contributed by atoms with van der Waals surface area (Å²) in [7, 11) is 4.84. The fraction of sp³-hybridized carbons (Fsp3) is 0.462. The van der Waals surface area contributed by atoms with Gasteiger partial charge in [0.25, 0.3) is 0 Å². The molecule has 0 unspecified atom stereocenters. The summed E-state index contributed by atoms with van der Waals surface area (Å²) in [5.74, 6) is 1.77. The number of methoxy groups -OCH3 is 3. The average Bonchev–Trinajstić information content (AvgIpc) is 2.45. The minimum atomic E-state index is 0.395. The Hall–Kier alpha value is -1.95. The Morgan fingerprint density at radius 3 is 2.58 bits per heavy atom. The second-order valence-electron chi connectivity index (χ2n) is 3.81. The van der Waals surface area contributed by atoms with Crippen LogP contribution < -0.4 is 20.5 Å². The van der Waals surface area contributed by atoms with E-state index in [-0.39, 0.29) is 0 Å². The number of guanidine groups is 1. The predicted octanol–water partition coefficient (Wildman–Crippen LogP) is 0.755. The van der Waals surface area contributed by atoms with E-state index in [1.807, 2.05) is 18.2 Å². The van der Waals surface area contributed by atoms with Gasteiger partial charge < -0.3 is 25.3 Å². The maximum atomic E-state index is 5.72. The van der Waals surface area contributed by atoms with Gasteiger partial charge in [0, 0.05) is 13.7 Å². The largest absolute Gasteiger partial charge is 0.493 e. The van der Waals surface area contributed by atoms with E-state index in [1.165, 1.54) is 0 Å². The van der Waals surface area contributed by atoms with E-state index in [0.29, 0.717) is 37.2 Å². The number of ether oxygens (including phenoxy) is 3. The van der Waals surface area contributed by atoms with Gasteiger partial charge in [-0.1, -0.05) is 6.07 Å². The minimum absolute atomic E-state index is 0.395. The number of nitrogens with one attached hydrogen (secondary N) is 1. The first-order chi connectivity index (χ1) is 9.21. The van der Waals surface area contributed by atoms with Gasteiger partial charge in [-0.25, -0.2) is 4.99 Å². The first-order valence-corrected chi connectivity index (χ1v) is 5.95. The van der Waals surface area contributed by atoms with E-state index in [4.69, 9.17) is 19.9 Å². The van der Waals surface area contributed by atoms with Crippen molar-refractivity contribution in [1.82, 2.24) is 5.32 Å². The van der Waals surface area contributed by atoms with Gasteiger partial charge in [-0.3, -0.25) is 0 Å². The van der Waals surface area contributed by atoms with E-state index >= 15 is 0 Å². The van der Waals surface area contributed by atoms with E-state index in [9.17, 15) is 0 Å². The highest BCUT2D eigenvalue weighted by Crippen LogP contribution is 2.27.